The van der Waals surface area contributed by atoms with E-state index in [1.165, 1.54) is 22.3 Å². The Hall–Kier alpha value is -3.11. The Labute approximate surface area is 164 Å². The molecule has 142 valence electrons. The van der Waals surface area contributed by atoms with Crippen LogP contribution in [0.25, 0.3) is 11.1 Å². The largest absolute Gasteiger partial charge is 0.449 e. The van der Waals surface area contributed by atoms with Crippen LogP contribution in [0.3, 0.4) is 0 Å². The van der Waals surface area contributed by atoms with E-state index in [0.717, 1.165) is 11.1 Å². The van der Waals surface area contributed by atoms with Crippen molar-refractivity contribution in [2.24, 2.45) is 0 Å². The van der Waals surface area contributed by atoms with Crippen LogP contribution in [0.5, 0.6) is 0 Å². The van der Waals surface area contributed by atoms with Crippen molar-refractivity contribution >= 4 is 6.09 Å². The Kier molecular flexibility index (Phi) is 5.13. The van der Waals surface area contributed by atoms with Gasteiger partial charge >= 0.3 is 6.09 Å². The number of aliphatic hydroxyl groups excluding tert-OH is 1. The Morgan fingerprint density at radius 2 is 1.54 bits per heavy atom. The van der Waals surface area contributed by atoms with E-state index in [0.29, 0.717) is 0 Å². The fourth-order valence-electron chi connectivity index (χ4n) is 3.90. The first-order valence-electron chi connectivity index (χ1n) is 9.47. The topological polar surface area (TPSA) is 58.6 Å². The average molecular weight is 373 g/mol. The fraction of sp³-hybridized carbons (Fsp3) is 0.208. The summed E-state index contributed by atoms with van der Waals surface area (Å²) in [5.74, 6) is 0.0273. The number of aryl methyl sites for hydroxylation is 1. The highest BCUT2D eigenvalue weighted by Crippen LogP contribution is 2.44. The van der Waals surface area contributed by atoms with Gasteiger partial charge in [0.1, 0.15) is 6.61 Å². The highest BCUT2D eigenvalue weighted by atomic mass is 16.5. The summed E-state index contributed by atoms with van der Waals surface area (Å²) in [6.45, 7) is 2.31. The molecule has 0 radical (unpaired) electrons. The number of alkyl carbamates (subject to hydrolysis) is 1. The molecule has 0 fully saturated rings. The van der Waals surface area contributed by atoms with Gasteiger partial charge in [0.05, 0.1) is 12.6 Å². The van der Waals surface area contributed by atoms with Gasteiger partial charge in [-0.15, -0.1) is 0 Å². The molecule has 4 rings (SSSR count). The summed E-state index contributed by atoms with van der Waals surface area (Å²) in [5.41, 5.74) is 6.54. The molecule has 28 heavy (non-hydrogen) atoms. The maximum absolute atomic E-state index is 12.2. The van der Waals surface area contributed by atoms with Gasteiger partial charge in [-0.25, -0.2) is 4.79 Å². The molecule has 3 aromatic carbocycles. The number of amides is 1. The van der Waals surface area contributed by atoms with Crippen molar-refractivity contribution < 1.29 is 14.6 Å². The Morgan fingerprint density at radius 1 is 0.964 bits per heavy atom. The second-order valence-electron chi connectivity index (χ2n) is 7.08. The lowest BCUT2D eigenvalue weighted by molar-refractivity contribution is 0.128. The molecular weight excluding hydrogens is 350 g/mol. The minimum Gasteiger partial charge on any atom is -0.449 e. The molecule has 4 heteroatoms. The first-order chi connectivity index (χ1) is 13.6. The Morgan fingerprint density at radius 3 is 2.18 bits per heavy atom. The SMILES string of the molecule is Cc1ccccc1C(O)CNC(=O)OCC1c2ccccc2-c2ccccc21. The monoisotopic (exact) mass is 373 g/mol. The number of ether oxygens (including phenoxy) is 1. The third-order valence-corrected chi connectivity index (χ3v) is 5.33. The zero-order valence-corrected chi connectivity index (χ0v) is 15.8. The number of fused-ring (bicyclic) bond motifs is 3. The lowest BCUT2D eigenvalue weighted by Gasteiger charge is -2.17. The summed E-state index contributed by atoms with van der Waals surface area (Å²) in [6.07, 6.45) is -1.28. The van der Waals surface area contributed by atoms with Gasteiger partial charge < -0.3 is 15.2 Å². The van der Waals surface area contributed by atoms with Gasteiger partial charge in [0.25, 0.3) is 0 Å². The predicted molar refractivity (Wildman–Crippen MR) is 109 cm³/mol. The maximum Gasteiger partial charge on any atom is 0.407 e. The van der Waals surface area contributed by atoms with Gasteiger partial charge in [0, 0.05) is 5.92 Å². The van der Waals surface area contributed by atoms with E-state index in [-0.39, 0.29) is 19.1 Å². The smallest absolute Gasteiger partial charge is 0.407 e. The second-order valence-corrected chi connectivity index (χ2v) is 7.08. The van der Waals surface area contributed by atoms with Gasteiger partial charge in [0.15, 0.2) is 0 Å². The molecule has 0 aliphatic heterocycles. The lowest BCUT2D eigenvalue weighted by atomic mass is 9.98. The number of hydrogen-bond donors (Lipinski definition) is 2. The fourth-order valence-corrected chi connectivity index (χ4v) is 3.90. The van der Waals surface area contributed by atoms with E-state index >= 15 is 0 Å². The number of benzene rings is 3. The summed E-state index contributed by atoms with van der Waals surface area (Å²) < 4.78 is 5.50. The molecule has 1 aliphatic rings. The molecule has 0 saturated heterocycles. The number of hydrogen-bond acceptors (Lipinski definition) is 3. The van der Waals surface area contributed by atoms with Gasteiger partial charge in [0.2, 0.25) is 0 Å². The zero-order valence-electron chi connectivity index (χ0n) is 15.8. The number of nitrogens with one attached hydrogen (secondary N) is 1. The first kappa shape index (κ1) is 18.3. The summed E-state index contributed by atoms with van der Waals surface area (Å²) >= 11 is 0. The van der Waals surface area contributed by atoms with Crippen molar-refractivity contribution in [1.29, 1.82) is 0 Å². The molecule has 0 heterocycles. The van der Waals surface area contributed by atoms with Crippen molar-refractivity contribution in [2.45, 2.75) is 18.9 Å². The molecule has 1 amide bonds. The van der Waals surface area contributed by atoms with Crippen molar-refractivity contribution in [1.82, 2.24) is 5.32 Å². The van der Waals surface area contributed by atoms with Crippen molar-refractivity contribution in [3.8, 4) is 11.1 Å². The molecule has 3 aromatic rings. The summed E-state index contributed by atoms with van der Waals surface area (Å²) in [4.78, 5) is 12.2. The highest BCUT2D eigenvalue weighted by Gasteiger charge is 2.29. The average Bonchev–Trinajstić information content (AvgIpc) is 3.05. The molecule has 0 bridgehead atoms. The van der Waals surface area contributed by atoms with Crippen LogP contribution >= 0.6 is 0 Å². The van der Waals surface area contributed by atoms with E-state index < -0.39 is 12.2 Å². The van der Waals surface area contributed by atoms with Crippen LogP contribution < -0.4 is 5.32 Å². The minimum atomic E-state index is -0.762. The number of carbonyl (C=O) groups excluding carboxylic acids is 1. The van der Waals surface area contributed by atoms with Crippen molar-refractivity contribution in [3.05, 3.63) is 95.1 Å². The quantitative estimate of drug-likeness (QED) is 0.689. The first-order valence-corrected chi connectivity index (χ1v) is 9.47. The molecule has 4 nitrogen and oxygen atoms in total. The Bertz CT molecular complexity index is 953. The summed E-state index contributed by atoms with van der Waals surface area (Å²) in [5, 5.41) is 13.0. The molecule has 0 saturated carbocycles. The van der Waals surface area contributed by atoms with Crippen LogP contribution in [0.15, 0.2) is 72.8 Å². The second kappa shape index (κ2) is 7.87. The predicted octanol–water partition coefficient (Wildman–Crippen LogP) is 4.57. The number of rotatable bonds is 5. The molecule has 0 aromatic heterocycles. The third-order valence-electron chi connectivity index (χ3n) is 5.33. The molecule has 1 atom stereocenters. The normalized spacial score (nSPS) is 13.5. The van der Waals surface area contributed by atoms with Crippen LogP contribution in [0.1, 0.15) is 34.3 Å². The highest BCUT2D eigenvalue weighted by molar-refractivity contribution is 5.79. The summed E-state index contributed by atoms with van der Waals surface area (Å²) in [6, 6.07) is 24.0. The van der Waals surface area contributed by atoms with Gasteiger partial charge in [-0.3, -0.25) is 0 Å². The van der Waals surface area contributed by atoms with Crippen LogP contribution in [0.4, 0.5) is 4.79 Å². The van der Waals surface area contributed by atoms with Gasteiger partial charge in [-0.2, -0.15) is 0 Å². The Balaban J connectivity index is 1.38. The summed E-state index contributed by atoms with van der Waals surface area (Å²) in [7, 11) is 0. The molecule has 1 unspecified atom stereocenters. The standard InChI is InChI=1S/C24H23NO3/c1-16-8-2-3-9-17(16)23(26)14-25-24(27)28-15-22-20-12-6-4-10-18(20)19-11-5-7-13-21(19)22/h2-13,22-23,26H,14-15H2,1H3,(H,25,27). The van der Waals surface area contributed by atoms with Crippen molar-refractivity contribution in [3.63, 3.8) is 0 Å². The van der Waals surface area contributed by atoms with Crippen LogP contribution in [-0.4, -0.2) is 24.4 Å². The number of carbonyl (C=O) groups is 1. The van der Waals surface area contributed by atoms with E-state index in [1.807, 2.05) is 55.5 Å². The van der Waals surface area contributed by atoms with Crippen LogP contribution in [-0.2, 0) is 4.74 Å². The van der Waals surface area contributed by atoms with Gasteiger partial charge in [-0.05, 0) is 40.3 Å². The van der Waals surface area contributed by atoms with Crippen LogP contribution in [0, 0.1) is 6.92 Å². The van der Waals surface area contributed by atoms with E-state index in [1.54, 1.807) is 0 Å². The molecular formula is C24H23NO3. The third kappa shape index (κ3) is 3.51. The van der Waals surface area contributed by atoms with E-state index in [2.05, 4.69) is 29.6 Å². The zero-order chi connectivity index (χ0) is 19.5. The van der Waals surface area contributed by atoms with Gasteiger partial charge in [-0.1, -0.05) is 72.8 Å². The van der Waals surface area contributed by atoms with E-state index in [4.69, 9.17) is 4.74 Å². The van der Waals surface area contributed by atoms with Crippen molar-refractivity contribution in [2.75, 3.05) is 13.2 Å². The minimum absolute atomic E-state index is 0.0273. The lowest BCUT2D eigenvalue weighted by Crippen LogP contribution is -2.30. The molecule has 1 aliphatic carbocycles. The van der Waals surface area contributed by atoms with Crippen LogP contribution in [0.2, 0.25) is 0 Å². The molecule has 0 spiro atoms. The number of aliphatic hydroxyl groups is 1. The molecule has 2 N–H and O–H groups in total. The van der Waals surface area contributed by atoms with E-state index in [9.17, 15) is 9.90 Å². The maximum atomic E-state index is 12.2.